The molecule has 14 heavy (non-hydrogen) atoms. The summed E-state index contributed by atoms with van der Waals surface area (Å²) < 4.78 is 0. The van der Waals surface area contributed by atoms with Crippen LogP contribution in [0.5, 0.6) is 0 Å². The summed E-state index contributed by atoms with van der Waals surface area (Å²) in [7, 11) is 0. The Hall–Kier alpha value is -0.780. The molecule has 0 heterocycles. The Balaban J connectivity index is 1.88. The molecule has 0 amide bonds. The van der Waals surface area contributed by atoms with Gasteiger partial charge in [0.1, 0.15) is 0 Å². The quantitative estimate of drug-likeness (QED) is 0.657. The number of benzene rings is 1. The van der Waals surface area contributed by atoms with Gasteiger partial charge in [-0.3, -0.25) is 0 Å². The van der Waals surface area contributed by atoms with Gasteiger partial charge < -0.3 is 0 Å². The number of rotatable bonds is 2. The maximum atomic E-state index is 2.49. The fraction of sp³-hybridized carbons (Fsp3) is 0.571. The van der Waals surface area contributed by atoms with Gasteiger partial charge in [0.15, 0.2) is 0 Å². The van der Waals surface area contributed by atoms with Crippen LogP contribution in [-0.4, -0.2) is 0 Å². The zero-order chi connectivity index (χ0) is 9.76. The summed E-state index contributed by atoms with van der Waals surface area (Å²) in [4.78, 5) is 0. The van der Waals surface area contributed by atoms with Crippen LogP contribution >= 0.6 is 0 Å². The van der Waals surface area contributed by atoms with Crippen molar-refractivity contribution in [2.75, 3.05) is 0 Å². The minimum Gasteiger partial charge on any atom is -0.0620 e. The Morgan fingerprint density at radius 1 is 1.21 bits per heavy atom. The molecule has 0 aromatic heterocycles. The largest absolute Gasteiger partial charge is 0.0620 e. The van der Waals surface area contributed by atoms with E-state index in [0.717, 1.165) is 11.8 Å². The van der Waals surface area contributed by atoms with E-state index in [9.17, 15) is 0 Å². The summed E-state index contributed by atoms with van der Waals surface area (Å²) in [6.45, 7) is 4.74. The fourth-order valence-corrected chi connectivity index (χ4v) is 3.02. The van der Waals surface area contributed by atoms with Crippen molar-refractivity contribution in [2.24, 2.45) is 11.3 Å². The van der Waals surface area contributed by atoms with Crippen molar-refractivity contribution in [3.05, 3.63) is 35.4 Å². The second-order valence-corrected chi connectivity index (χ2v) is 5.39. The van der Waals surface area contributed by atoms with Gasteiger partial charge in [0.05, 0.1) is 0 Å². The fourth-order valence-electron chi connectivity index (χ4n) is 3.02. The lowest BCUT2D eigenvalue weighted by Gasteiger charge is -2.11. The van der Waals surface area contributed by atoms with Gasteiger partial charge in [0.2, 0.25) is 0 Å². The highest BCUT2D eigenvalue weighted by atomic mass is 14.6. The molecule has 2 saturated carbocycles. The molecule has 0 nitrogen and oxygen atoms in total. The molecule has 0 N–H and O–H groups in total. The highest BCUT2D eigenvalue weighted by molar-refractivity contribution is 5.36. The van der Waals surface area contributed by atoms with Gasteiger partial charge in [0.25, 0.3) is 0 Å². The minimum absolute atomic E-state index is 0.673. The normalized spacial score (nSPS) is 35.7. The molecule has 0 radical (unpaired) electrons. The Bertz CT molecular complexity index is 362. The van der Waals surface area contributed by atoms with E-state index in [1.54, 1.807) is 5.56 Å². The van der Waals surface area contributed by atoms with Crippen molar-refractivity contribution in [1.29, 1.82) is 0 Å². The van der Waals surface area contributed by atoms with Crippen LogP contribution in [-0.2, 0) is 0 Å². The van der Waals surface area contributed by atoms with Crippen LogP contribution in [0.2, 0.25) is 0 Å². The van der Waals surface area contributed by atoms with Crippen LogP contribution in [0.3, 0.4) is 0 Å². The van der Waals surface area contributed by atoms with Gasteiger partial charge in [-0.05, 0) is 54.6 Å². The van der Waals surface area contributed by atoms with Crippen LogP contribution in [0.4, 0.5) is 0 Å². The number of hydrogen-bond donors (Lipinski definition) is 0. The maximum Gasteiger partial charge on any atom is -0.00970 e. The monoisotopic (exact) mass is 186 g/mol. The van der Waals surface area contributed by atoms with Gasteiger partial charge in [-0.25, -0.2) is 0 Å². The van der Waals surface area contributed by atoms with Crippen molar-refractivity contribution >= 4 is 0 Å². The summed E-state index contributed by atoms with van der Waals surface area (Å²) in [5, 5.41) is 0. The lowest BCUT2D eigenvalue weighted by atomic mass is 9.94. The van der Waals surface area contributed by atoms with E-state index in [4.69, 9.17) is 0 Å². The van der Waals surface area contributed by atoms with E-state index in [-0.39, 0.29) is 0 Å². The third-order valence-electron chi connectivity index (χ3n) is 4.35. The van der Waals surface area contributed by atoms with E-state index >= 15 is 0 Å². The van der Waals surface area contributed by atoms with Crippen molar-refractivity contribution in [3.63, 3.8) is 0 Å². The highest BCUT2D eigenvalue weighted by Gasteiger charge is 2.58. The van der Waals surface area contributed by atoms with E-state index < -0.39 is 0 Å². The molecular formula is C14H18. The number of aryl methyl sites for hydroxylation is 1. The summed E-state index contributed by atoms with van der Waals surface area (Å²) in [5.74, 6) is 1.92. The Kier molecular flexibility index (Phi) is 1.60. The SMILES string of the molecule is Cc1ccccc1[C@@H]1C[C@]1(C)C1CC1. The van der Waals surface area contributed by atoms with Crippen molar-refractivity contribution in [1.82, 2.24) is 0 Å². The Morgan fingerprint density at radius 3 is 2.57 bits per heavy atom. The van der Waals surface area contributed by atoms with Gasteiger partial charge in [-0.1, -0.05) is 31.2 Å². The van der Waals surface area contributed by atoms with Crippen LogP contribution in [0.15, 0.2) is 24.3 Å². The predicted molar refractivity (Wildman–Crippen MR) is 59.4 cm³/mol. The van der Waals surface area contributed by atoms with Crippen LogP contribution in [0.25, 0.3) is 0 Å². The molecule has 1 aromatic carbocycles. The first-order chi connectivity index (χ1) is 6.72. The molecule has 2 aliphatic rings. The average molecular weight is 186 g/mol. The van der Waals surface area contributed by atoms with Gasteiger partial charge in [-0.15, -0.1) is 0 Å². The second kappa shape index (κ2) is 2.62. The predicted octanol–water partition coefficient (Wildman–Crippen LogP) is 3.90. The van der Waals surface area contributed by atoms with E-state index in [1.807, 2.05) is 0 Å². The summed E-state index contributed by atoms with van der Waals surface area (Å²) in [6, 6.07) is 8.91. The van der Waals surface area contributed by atoms with Gasteiger partial charge in [0, 0.05) is 0 Å². The van der Waals surface area contributed by atoms with E-state index in [2.05, 4.69) is 38.1 Å². The minimum atomic E-state index is 0.673. The topological polar surface area (TPSA) is 0 Å². The molecule has 0 spiro atoms. The van der Waals surface area contributed by atoms with Crippen molar-refractivity contribution in [3.8, 4) is 0 Å². The molecule has 0 bridgehead atoms. The first-order valence-corrected chi connectivity index (χ1v) is 5.77. The molecule has 2 fully saturated rings. The van der Waals surface area contributed by atoms with Crippen LogP contribution in [0, 0.1) is 18.3 Å². The molecule has 0 unspecified atom stereocenters. The van der Waals surface area contributed by atoms with E-state index in [1.165, 1.54) is 24.8 Å². The molecule has 0 aliphatic heterocycles. The van der Waals surface area contributed by atoms with Crippen molar-refractivity contribution < 1.29 is 0 Å². The van der Waals surface area contributed by atoms with Crippen molar-refractivity contribution in [2.45, 2.75) is 39.0 Å². The lowest BCUT2D eigenvalue weighted by molar-refractivity contribution is 0.471. The Labute approximate surface area is 86.3 Å². The first-order valence-electron chi connectivity index (χ1n) is 5.77. The van der Waals surface area contributed by atoms with Gasteiger partial charge >= 0.3 is 0 Å². The summed E-state index contributed by atoms with van der Waals surface area (Å²) >= 11 is 0. The Morgan fingerprint density at radius 2 is 1.93 bits per heavy atom. The zero-order valence-corrected chi connectivity index (χ0v) is 9.09. The smallest absolute Gasteiger partial charge is 0.00970 e. The molecular weight excluding hydrogens is 168 g/mol. The van der Waals surface area contributed by atoms with Crippen LogP contribution in [0.1, 0.15) is 43.2 Å². The molecule has 74 valence electrons. The molecule has 3 rings (SSSR count). The maximum absolute atomic E-state index is 2.49. The zero-order valence-electron chi connectivity index (χ0n) is 9.09. The molecule has 0 saturated heterocycles. The first kappa shape index (κ1) is 8.52. The molecule has 2 aliphatic carbocycles. The molecule has 1 aromatic rings. The average Bonchev–Trinajstić information content (AvgIpc) is 2.99. The van der Waals surface area contributed by atoms with Crippen LogP contribution < -0.4 is 0 Å². The number of hydrogen-bond acceptors (Lipinski definition) is 0. The summed E-state index contributed by atoms with van der Waals surface area (Å²) in [6.07, 6.45) is 4.40. The lowest BCUT2D eigenvalue weighted by Crippen LogP contribution is -2.00. The second-order valence-electron chi connectivity index (χ2n) is 5.39. The van der Waals surface area contributed by atoms with E-state index in [0.29, 0.717) is 5.41 Å². The molecule has 2 atom stereocenters. The third-order valence-corrected chi connectivity index (χ3v) is 4.35. The highest BCUT2D eigenvalue weighted by Crippen LogP contribution is 2.69. The molecule has 0 heteroatoms. The van der Waals surface area contributed by atoms with Gasteiger partial charge in [-0.2, -0.15) is 0 Å². The standard InChI is InChI=1S/C14H18/c1-10-5-3-4-6-12(10)13-9-14(13,2)11-7-8-11/h3-6,11,13H,7-9H2,1-2H3/t13-,14+/m0/s1. The summed E-state index contributed by atoms with van der Waals surface area (Å²) in [5.41, 5.74) is 3.77. The third kappa shape index (κ3) is 1.13.